The highest BCUT2D eigenvalue weighted by molar-refractivity contribution is 6.16. The van der Waals surface area contributed by atoms with Crippen LogP contribution in [0.1, 0.15) is 18.9 Å². The lowest BCUT2D eigenvalue weighted by atomic mass is 10.0. The summed E-state index contributed by atoms with van der Waals surface area (Å²) in [5.41, 5.74) is 5.56. The van der Waals surface area contributed by atoms with Gasteiger partial charge in [0.2, 0.25) is 5.91 Å². The first-order chi connectivity index (χ1) is 15.1. The van der Waals surface area contributed by atoms with Crippen molar-refractivity contribution in [2.24, 2.45) is 10.2 Å². The smallest absolute Gasteiger partial charge is 0.219 e. The van der Waals surface area contributed by atoms with E-state index in [9.17, 15) is 9.18 Å². The maximum Gasteiger partial charge on any atom is 0.219 e. The van der Waals surface area contributed by atoms with Crippen LogP contribution in [0.3, 0.4) is 0 Å². The molecule has 1 aromatic heterocycles. The number of aromatic nitrogens is 2. The van der Waals surface area contributed by atoms with Crippen LogP contribution in [0.4, 0.5) is 4.39 Å². The van der Waals surface area contributed by atoms with E-state index in [1.165, 1.54) is 12.1 Å². The van der Waals surface area contributed by atoms with Crippen LogP contribution in [0.5, 0.6) is 0 Å². The van der Waals surface area contributed by atoms with Gasteiger partial charge in [-0.3, -0.25) is 14.8 Å². The topological polar surface area (TPSA) is 77.0 Å². The Balaban J connectivity index is 1.28. The summed E-state index contributed by atoms with van der Waals surface area (Å²) < 4.78 is 13.3. The van der Waals surface area contributed by atoms with Gasteiger partial charge >= 0.3 is 0 Å². The second-order valence-corrected chi connectivity index (χ2v) is 8.01. The summed E-state index contributed by atoms with van der Waals surface area (Å²) in [5, 5.41) is 17.3. The molecule has 158 valence electrons. The van der Waals surface area contributed by atoms with Crippen LogP contribution in [0.15, 0.2) is 52.7 Å². The molecule has 5 rings (SSSR count). The Labute approximate surface area is 179 Å². The lowest BCUT2D eigenvalue weighted by Crippen LogP contribution is -2.49. The summed E-state index contributed by atoms with van der Waals surface area (Å²) >= 11 is 0. The zero-order valence-electron chi connectivity index (χ0n) is 17.3. The third-order valence-corrected chi connectivity index (χ3v) is 5.92. The summed E-state index contributed by atoms with van der Waals surface area (Å²) in [4.78, 5) is 15.7. The number of benzene rings is 2. The van der Waals surface area contributed by atoms with Gasteiger partial charge < -0.3 is 4.90 Å². The van der Waals surface area contributed by atoms with Crippen LogP contribution < -0.4 is 0 Å². The number of rotatable bonds is 4. The number of piperazine rings is 1. The van der Waals surface area contributed by atoms with Crippen LogP contribution in [-0.2, 0) is 4.79 Å². The van der Waals surface area contributed by atoms with Crippen molar-refractivity contribution in [3.05, 3.63) is 53.8 Å². The average Bonchev–Trinajstić information content (AvgIpc) is 3.41. The van der Waals surface area contributed by atoms with E-state index in [4.69, 9.17) is 0 Å². The number of carbonyl (C=O) groups excluding carboxylic acids is 1. The van der Waals surface area contributed by atoms with Crippen LogP contribution in [0, 0.1) is 5.82 Å². The fourth-order valence-electron chi connectivity index (χ4n) is 4.14. The van der Waals surface area contributed by atoms with Gasteiger partial charge in [0.25, 0.3) is 0 Å². The van der Waals surface area contributed by atoms with Crippen molar-refractivity contribution >= 4 is 28.2 Å². The number of halogens is 1. The molecule has 0 aliphatic carbocycles. The van der Waals surface area contributed by atoms with Crippen molar-refractivity contribution in [1.82, 2.24) is 20.0 Å². The first-order valence-corrected chi connectivity index (χ1v) is 10.4. The molecule has 8 heteroatoms. The van der Waals surface area contributed by atoms with E-state index in [1.807, 2.05) is 17.0 Å². The van der Waals surface area contributed by atoms with Gasteiger partial charge in [0.15, 0.2) is 0 Å². The first-order valence-electron chi connectivity index (χ1n) is 10.4. The number of nitrogens with one attached hydrogen (secondary N) is 1. The molecule has 0 atom stereocenters. The average molecular weight is 418 g/mol. The van der Waals surface area contributed by atoms with Crippen molar-refractivity contribution < 1.29 is 9.18 Å². The minimum absolute atomic E-state index is 0.137. The molecule has 0 spiro atoms. The van der Waals surface area contributed by atoms with E-state index in [0.717, 1.165) is 71.9 Å². The zero-order valence-corrected chi connectivity index (χ0v) is 17.3. The van der Waals surface area contributed by atoms with Gasteiger partial charge in [-0.25, -0.2) is 4.39 Å². The molecule has 1 N–H and O–H groups in total. The summed E-state index contributed by atoms with van der Waals surface area (Å²) in [6.45, 7) is 5.63. The Morgan fingerprint density at radius 3 is 2.52 bits per heavy atom. The van der Waals surface area contributed by atoms with Gasteiger partial charge in [-0.05, 0) is 42.0 Å². The number of hydrogen-bond donors (Lipinski definition) is 1. The third-order valence-electron chi connectivity index (χ3n) is 5.92. The number of carbonyl (C=O) groups is 1. The molecule has 0 unspecified atom stereocenters. The van der Waals surface area contributed by atoms with Gasteiger partial charge in [0, 0.05) is 57.0 Å². The zero-order chi connectivity index (χ0) is 21.4. The van der Waals surface area contributed by atoms with E-state index >= 15 is 0 Å². The lowest BCUT2D eigenvalue weighted by molar-refractivity contribution is -0.130. The third kappa shape index (κ3) is 3.98. The molecule has 2 aromatic carbocycles. The minimum atomic E-state index is -0.267. The van der Waals surface area contributed by atoms with Crippen molar-refractivity contribution in [2.75, 3.05) is 32.7 Å². The number of nitrogens with zero attached hydrogens (tertiary/aromatic N) is 5. The summed E-state index contributed by atoms with van der Waals surface area (Å²) in [5.74, 6) is -0.130. The molecule has 7 nitrogen and oxygen atoms in total. The molecule has 0 radical (unpaired) electrons. The van der Waals surface area contributed by atoms with E-state index in [0.29, 0.717) is 6.42 Å². The van der Waals surface area contributed by atoms with Crippen molar-refractivity contribution in [2.45, 2.75) is 13.3 Å². The predicted octanol–water partition coefficient (Wildman–Crippen LogP) is 3.08. The highest BCUT2D eigenvalue weighted by Gasteiger charge is 2.22. The molecule has 2 aliphatic heterocycles. The molecule has 2 aliphatic rings. The largest absolute Gasteiger partial charge is 0.340 e. The molecule has 31 heavy (non-hydrogen) atoms. The minimum Gasteiger partial charge on any atom is -0.340 e. The summed E-state index contributed by atoms with van der Waals surface area (Å²) in [6, 6.07) is 12.4. The van der Waals surface area contributed by atoms with E-state index in [1.54, 1.807) is 19.1 Å². The van der Waals surface area contributed by atoms with Crippen LogP contribution >= 0.6 is 0 Å². The fourth-order valence-corrected chi connectivity index (χ4v) is 4.14. The van der Waals surface area contributed by atoms with Gasteiger partial charge in [0.05, 0.1) is 22.6 Å². The first kappa shape index (κ1) is 19.6. The van der Waals surface area contributed by atoms with E-state index < -0.39 is 0 Å². The Bertz CT molecular complexity index is 1190. The molecule has 1 amide bonds. The molecule has 0 bridgehead atoms. The van der Waals surface area contributed by atoms with Crippen molar-refractivity contribution in [3.8, 4) is 11.3 Å². The maximum absolute atomic E-state index is 13.3. The molecular formula is C23H23FN6O. The quantitative estimate of drug-likeness (QED) is 0.707. The Morgan fingerprint density at radius 1 is 1.03 bits per heavy atom. The molecule has 0 saturated carbocycles. The van der Waals surface area contributed by atoms with Crippen LogP contribution in [-0.4, -0.2) is 70.1 Å². The molecule has 1 fully saturated rings. The summed E-state index contributed by atoms with van der Waals surface area (Å²) in [6.07, 6.45) is 0.710. The number of H-pyrrole nitrogens is 1. The molecule has 1 saturated heterocycles. The summed E-state index contributed by atoms with van der Waals surface area (Å²) in [7, 11) is 0. The SMILES string of the molecule is CC(=O)N1CCN(CC2=NN=C(c3ccc4[nH]nc(-c5ccc(F)cc5)c4c3)C2)CC1. The van der Waals surface area contributed by atoms with Gasteiger partial charge in [-0.2, -0.15) is 15.3 Å². The number of fused-ring (bicyclic) bond motifs is 1. The van der Waals surface area contributed by atoms with Gasteiger partial charge in [0.1, 0.15) is 5.82 Å². The lowest BCUT2D eigenvalue weighted by Gasteiger charge is -2.34. The second kappa shape index (κ2) is 8.03. The Hall–Kier alpha value is -3.39. The standard InChI is InChI=1S/C23H23FN6O/c1-15(31)30-10-8-29(9-11-30)14-19-13-22(27-25-19)17-4-7-21-20(12-17)23(28-26-21)16-2-5-18(24)6-3-16/h2-7,12H,8-11,13-14H2,1H3,(H,26,28). The van der Waals surface area contributed by atoms with Crippen LogP contribution in [0.25, 0.3) is 22.2 Å². The van der Waals surface area contributed by atoms with E-state index in [2.05, 4.69) is 31.4 Å². The number of amides is 1. The second-order valence-electron chi connectivity index (χ2n) is 8.01. The van der Waals surface area contributed by atoms with Crippen LogP contribution in [0.2, 0.25) is 0 Å². The monoisotopic (exact) mass is 418 g/mol. The molecule has 3 aromatic rings. The van der Waals surface area contributed by atoms with Gasteiger partial charge in [-0.1, -0.05) is 6.07 Å². The van der Waals surface area contributed by atoms with Gasteiger partial charge in [-0.15, -0.1) is 0 Å². The van der Waals surface area contributed by atoms with Crippen molar-refractivity contribution in [3.63, 3.8) is 0 Å². The predicted molar refractivity (Wildman–Crippen MR) is 119 cm³/mol. The fraction of sp³-hybridized carbons (Fsp3) is 0.304. The number of aromatic amines is 1. The normalized spacial score (nSPS) is 17.2. The Morgan fingerprint density at radius 2 is 1.77 bits per heavy atom. The highest BCUT2D eigenvalue weighted by atomic mass is 19.1. The highest BCUT2D eigenvalue weighted by Crippen LogP contribution is 2.28. The van der Waals surface area contributed by atoms with Crippen molar-refractivity contribution in [1.29, 1.82) is 0 Å². The van der Waals surface area contributed by atoms with E-state index in [-0.39, 0.29) is 11.7 Å². The Kier molecular flexibility index (Phi) is 5.07. The maximum atomic E-state index is 13.3. The number of hydrogen-bond acceptors (Lipinski definition) is 5. The molecular weight excluding hydrogens is 395 g/mol. The molecule has 3 heterocycles.